The first-order chi connectivity index (χ1) is 15.2. The molecule has 31 heavy (non-hydrogen) atoms. The van der Waals surface area contributed by atoms with Crippen LogP contribution in [0.25, 0.3) is 33.5 Å². The van der Waals surface area contributed by atoms with Crippen molar-refractivity contribution < 1.29 is 9.21 Å². The molecule has 8 nitrogen and oxygen atoms in total. The zero-order valence-corrected chi connectivity index (χ0v) is 16.7. The maximum Gasteiger partial charge on any atom is 0.231 e. The van der Waals surface area contributed by atoms with Gasteiger partial charge in [-0.15, -0.1) is 0 Å². The van der Waals surface area contributed by atoms with E-state index in [4.69, 9.17) is 4.42 Å². The lowest BCUT2D eigenvalue weighted by Gasteiger charge is -2.07. The van der Waals surface area contributed by atoms with Gasteiger partial charge >= 0.3 is 0 Å². The second-order valence-corrected chi connectivity index (χ2v) is 7.00. The summed E-state index contributed by atoms with van der Waals surface area (Å²) in [5, 5.41) is 2.83. The van der Waals surface area contributed by atoms with Crippen molar-refractivity contribution in [1.82, 2.24) is 24.9 Å². The molecule has 0 aliphatic heterocycles. The lowest BCUT2D eigenvalue weighted by atomic mass is 10.0. The first-order valence-corrected chi connectivity index (χ1v) is 9.73. The van der Waals surface area contributed by atoms with Crippen molar-refractivity contribution in [2.24, 2.45) is 0 Å². The summed E-state index contributed by atoms with van der Waals surface area (Å²) in [5.41, 5.74) is 5.75. The van der Waals surface area contributed by atoms with Gasteiger partial charge in [-0.05, 0) is 36.4 Å². The minimum absolute atomic E-state index is 0.110. The molecule has 0 radical (unpaired) electrons. The van der Waals surface area contributed by atoms with Crippen molar-refractivity contribution in [1.29, 1.82) is 0 Å². The van der Waals surface area contributed by atoms with Crippen LogP contribution in [0, 0.1) is 6.92 Å². The molecular formula is C23H18N6O2. The Balaban J connectivity index is 1.50. The van der Waals surface area contributed by atoms with Crippen molar-refractivity contribution in [3.05, 3.63) is 78.9 Å². The van der Waals surface area contributed by atoms with E-state index in [9.17, 15) is 4.79 Å². The molecule has 0 aromatic carbocycles. The number of oxazole rings is 1. The van der Waals surface area contributed by atoms with E-state index in [0.29, 0.717) is 17.4 Å². The topological polar surface area (TPSA) is 110 Å². The first-order valence-electron chi connectivity index (χ1n) is 9.73. The average Bonchev–Trinajstić information content (AvgIpc) is 3.37. The predicted octanol–water partition coefficient (Wildman–Crippen LogP) is 4.16. The summed E-state index contributed by atoms with van der Waals surface area (Å²) in [4.78, 5) is 33.4. The molecule has 5 heterocycles. The average molecular weight is 410 g/mol. The number of carbonyl (C=O) groups is 1. The van der Waals surface area contributed by atoms with Crippen molar-refractivity contribution in [2.45, 2.75) is 13.3 Å². The fraction of sp³-hybridized carbons (Fsp3) is 0.0870. The molecule has 0 fully saturated rings. The van der Waals surface area contributed by atoms with Crippen LogP contribution < -0.4 is 5.32 Å². The van der Waals surface area contributed by atoms with Gasteiger partial charge < -0.3 is 14.7 Å². The van der Waals surface area contributed by atoms with E-state index in [1.165, 1.54) is 6.26 Å². The Morgan fingerprint density at radius 1 is 1.06 bits per heavy atom. The van der Waals surface area contributed by atoms with Crippen molar-refractivity contribution in [2.75, 3.05) is 5.32 Å². The maximum absolute atomic E-state index is 12.4. The van der Waals surface area contributed by atoms with Crippen LogP contribution in [0.5, 0.6) is 0 Å². The standard InChI is InChI=1S/C23H18N6O2/c1-14-27-16(13-31-14)12-20(30)29-19-11-15(7-10-25-19)22-21(17-5-2-3-8-24-17)23-18(28-22)6-4-9-26-23/h2-11,13,28H,12H2,1H3,(H,25,29,30). The third kappa shape index (κ3) is 3.78. The number of nitrogens with zero attached hydrogens (tertiary/aromatic N) is 4. The zero-order chi connectivity index (χ0) is 21.2. The summed E-state index contributed by atoms with van der Waals surface area (Å²) in [6.45, 7) is 1.74. The van der Waals surface area contributed by atoms with Gasteiger partial charge in [0.1, 0.15) is 12.1 Å². The lowest BCUT2D eigenvalue weighted by Crippen LogP contribution is -2.15. The van der Waals surface area contributed by atoms with Crippen molar-refractivity contribution in [3.63, 3.8) is 0 Å². The summed E-state index contributed by atoms with van der Waals surface area (Å²) in [6.07, 6.45) is 6.77. The van der Waals surface area contributed by atoms with Crippen LogP contribution >= 0.6 is 0 Å². The van der Waals surface area contributed by atoms with Crippen LogP contribution in [-0.4, -0.2) is 30.8 Å². The van der Waals surface area contributed by atoms with E-state index in [0.717, 1.165) is 33.5 Å². The van der Waals surface area contributed by atoms with Crippen molar-refractivity contribution in [3.8, 4) is 22.5 Å². The fourth-order valence-corrected chi connectivity index (χ4v) is 3.49. The molecule has 5 aromatic rings. The molecule has 0 bridgehead atoms. The molecule has 0 atom stereocenters. The smallest absolute Gasteiger partial charge is 0.231 e. The molecule has 0 saturated carbocycles. The Labute approximate surface area is 177 Å². The SMILES string of the molecule is Cc1nc(CC(=O)Nc2cc(-c3[nH]c4cccnc4c3-c3ccccn3)ccn2)co1. The Bertz CT molecular complexity index is 1370. The molecular weight excluding hydrogens is 392 g/mol. The molecule has 5 aromatic heterocycles. The highest BCUT2D eigenvalue weighted by molar-refractivity contribution is 6.01. The van der Waals surface area contributed by atoms with Gasteiger partial charge in [-0.25, -0.2) is 9.97 Å². The first kappa shape index (κ1) is 18.7. The van der Waals surface area contributed by atoms with Crippen LogP contribution in [0.3, 0.4) is 0 Å². The van der Waals surface area contributed by atoms with Gasteiger partial charge in [-0.3, -0.25) is 14.8 Å². The highest BCUT2D eigenvalue weighted by atomic mass is 16.3. The molecule has 5 rings (SSSR count). The number of carbonyl (C=O) groups excluding carboxylic acids is 1. The van der Waals surface area contributed by atoms with Gasteiger partial charge in [-0.1, -0.05) is 6.07 Å². The van der Waals surface area contributed by atoms with E-state index in [1.54, 1.807) is 25.5 Å². The van der Waals surface area contributed by atoms with E-state index in [2.05, 4.69) is 30.2 Å². The number of aromatic nitrogens is 5. The number of hydrogen-bond acceptors (Lipinski definition) is 6. The molecule has 8 heteroatoms. The second kappa shape index (κ2) is 7.83. The van der Waals surface area contributed by atoms with E-state index in [1.807, 2.05) is 42.5 Å². The van der Waals surface area contributed by atoms with Crippen LogP contribution in [0.2, 0.25) is 0 Å². The van der Waals surface area contributed by atoms with Crippen LogP contribution in [0.15, 0.2) is 71.7 Å². The number of anilines is 1. The van der Waals surface area contributed by atoms with E-state index in [-0.39, 0.29) is 12.3 Å². The zero-order valence-electron chi connectivity index (χ0n) is 16.7. The van der Waals surface area contributed by atoms with Gasteiger partial charge in [0, 0.05) is 31.1 Å². The van der Waals surface area contributed by atoms with Crippen LogP contribution in [0.4, 0.5) is 5.82 Å². The van der Waals surface area contributed by atoms with E-state index < -0.39 is 0 Å². The second-order valence-electron chi connectivity index (χ2n) is 7.00. The quantitative estimate of drug-likeness (QED) is 0.450. The number of rotatable bonds is 5. The predicted molar refractivity (Wildman–Crippen MR) is 116 cm³/mol. The summed E-state index contributed by atoms with van der Waals surface area (Å²) in [7, 11) is 0. The molecule has 0 aliphatic rings. The summed E-state index contributed by atoms with van der Waals surface area (Å²) >= 11 is 0. The highest BCUT2D eigenvalue weighted by Crippen LogP contribution is 2.36. The van der Waals surface area contributed by atoms with Gasteiger partial charge in [0.15, 0.2) is 5.89 Å². The number of amides is 1. The Kier molecular flexibility index (Phi) is 4.72. The van der Waals surface area contributed by atoms with Gasteiger partial charge in [0.25, 0.3) is 0 Å². The molecule has 0 aliphatic carbocycles. The largest absolute Gasteiger partial charge is 0.449 e. The molecule has 0 saturated heterocycles. The number of aryl methyl sites for hydroxylation is 1. The van der Waals surface area contributed by atoms with Gasteiger partial charge in [0.2, 0.25) is 5.91 Å². The molecule has 1 amide bonds. The maximum atomic E-state index is 12.4. The van der Waals surface area contributed by atoms with Gasteiger partial charge in [0.05, 0.1) is 40.1 Å². The van der Waals surface area contributed by atoms with Crippen LogP contribution in [0.1, 0.15) is 11.6 Å². The number of fused-ring (bicyclic) bond motifs is 1. The van der Waals surface area contributed by atoms with Crippen LogP contribution in [-0.2, 0) is 11.2 Å². The Morgan fingerprint density at radius 3 is 2.77 bits per heavy atom. The van der Waals surface area contributed by atoms with E-state index >= 15 is 0 Å². The molecule has 152 valence electrons. The highest BCUT2D eigenvalue weighted by Gasteiger charge is 2.18. The summed E-state index contributed by atoms with van der Waals surface area (Å²) in [6, 6.07) is 13.3. The monoisotopic (exact) mass is 410 g/mol. The minimum Gasteiger partial charge on any atom is -0.449 e. The third-order valence-corrected chi connectivity index (χ3v) is 4.80. The number of pyridine rings is 3. The normalized spacial score (nSPS) is 11.0. The summed E-state index contributed by atoms with van der Waals surface area (Å²) in [5.74, 6) is 0.750. The molecule has 0 spiro atoms. The number of nitrogens with one attached hydrogen (secondary N) is 2. The lowest BCUT2D eigenvalue weighted by molar-refractivity contribution is -0.115. The molecule has 0 unspecified atom stereocenters. The fourth-order valence-electron chi connectivity index (χ4n) is 3.49. The Morgan fingerprint density at radius 2 is 1.97 bits per heavy atom. The third-order valence-electron chi connectivity index (χ3n) is 4.80. The minimum atomic E-state index is -0.221. The molecule has 2 N–H and O–H groups in total. The number of H-pyrrole nitrogens is 1. The van der Waals surface area contributed by atoms with Gasteiger partial charge in [-0.2, -0.15) is 0 Å². The Hall–Kier alpha value is -4.33. The number of hydrogen-bond donors (Lipinski definition) is 2. The number of aromatic amines is 1. The van der Waals surface area contributed by atoms with Crippen molar-refractivity contribution >= 4 is 22.8 Å². The summed E-state index contributed by atoms with van der Waals surface area (Å²) < 4.78 is 5.15.